The minimum Gasteiger partial charge on any atom is -0.311 e. The lowest BCUT2D eigenvalue weighted by Gasteiger charge is -2.35. The van der Waals surface area contributed by atoms with Crippen LogP contribution in [0.2, 0.25) is 0 Å². The third-order valence-corrected chi connectivity index (χ3v) is 8.15. The van der Waals surface area contributed by atoms with E-state index >= 15 is 0 Å². The molecule has 1 fully saturated rings. The van der Waals surface area contributed by atoms with E-state index in [1.807, 2.05) is 37.7 Å². The molecule has 1 saturated heterocycles. The molecule has 0 saturated carbocycles. The van der Waals surface area contributed by atoms with Crippen molar-refractivity contribution in [2.24, 2.45) is 5.92 Å². The van der Waals surface area contributed by atoms with Gasteiger partial charge in [0.25, 0.3) is 0 Å². The number of carbonyl (C=O) groups excluding carboxylic acids is 1. The van der Waals surface area contributed by atoms with Crippen LogP contribution in [-0.4, -0.2) is 62.9 Å². The fourth-order valence-electron chi connectivity index (χ4n) is 4.72. The number of hydrogen-bond acceptors (Lipinski definition) is 4. The van der Waals surface area contributed by atoms with Crippen molar-refractivity contribution < 1.29 is 9.18 Å². The van der Waals surface area contributed by atoms with E-state index in [9.17, 15) is 9.18 Å². The SMILES string of the molecule is C/C=C(\PC1C=CC(C2CCN(CCCF)CC2)=CN1C=O)c1cc2c(C)nc(C)cn2n1. The highest BCUT2D eigenvalue weighted by Crippen LogP contribution is 2.41. The van der Waals surface area contributed by atoms with Gasteiger partial charge in [-0.2, -0.15) is 5.10 Å². The molecule has 176 valence electrons. The normalized spacial score (nSPS) is 20.8. The molecule has 2 atom stereocenters. The van der Waals surface area contributed by atoms with E-state index < -0.39 is 0 Å². The molecule has 2 aliphatic heterocycles. The van der Waals surface area contributed by atoms with E-state index in [-0.39, 0.29) is 12.5 Å². The standard InChI is InChI=1S/C25H33FN5OP/c1-4-24(22-14-23-19(3)27-18(2)15-31(23)28-22)33-25-7-6-21(16-30(25)17-32)20-8-12-29(13-9-20)11-5-10-26/h4,6-7,14-17,20,25,33H,5,8-13H2,1-3H3/b24-4-. The Hall–Kier alpha value is -2.37. The van der Waals surface area contributed by atoms with Crippen molar-refractivity contribution in [2.45, 2.75) is 45.8 Å². The van der Waals surface area contributed by atoms with Crippen molar-refractivity contribution in [3.63, 3.8) is 0 Å². The first-order chi connectivity index (χ1) is 16.0. The molecular weight excluding hydrogens is 436 g/mol. The average Bonchev–Trinajstić information content (AvgIpc) is 3.25. The molecule has 2 unspecified atom stereocenters. The maximum Gasteiger partial charge on any atom is 0.214 e. The van der Waals surface area contributed by atoms with Gasteiger partial charge in [-0.05, 0) is 76.0 Å². The van der Waals surface area contributed by atoms with Crippen LogP contribution in [0.1, 0.15) is 43.3 Å². The first-order valence-corrected chi connectivity index (χ1v) is 12.8. The van der Waals surface area contributed by atoms with Gasteiger partial charge >= 0.3 is 0 Å². The van der Waals surface area contributed by atoms with E-state index in [1.54, 1.807) is 4.90 Å². The van der Waals surface area contributed by atoms with E-state index in [0.717, 1.165) is 66.8 Å². The third-order valence-electron chi connectivity index (χ3n) is 6.51. The average molecular weight is 470 g/mol. The monoisotopic (exact) mass is 469 g/mol. The Morgan fingerprint density at radius 2 is 2.09 bits per heavy atom. The zero-order chi connectivity index (χ0) is 23.4. The molecule has 2 aromatic rings. The maximum absolute atomic E-state index is 12.5. The molecule has 8 heteroatoms. The lowest BCUT2D eigenvalue weighted by molar-refractivity contribution is -0.116. The lowest BCUT2D eigenvalue weighted by Crippen LogP contribution is -2.36. The van der Waals surface area contributed by atoms with Crippen molar-refractivity contribution in [2.75, 3.05) is 26.3 Å². The van der Waals surface area contributed by atoms with Crippen LogP contribution in [0.15, 0.2) is 42.3 Å². The zero-order valence-electron chi connectivity index (χ0n) is 19.7. The summed E-state index contributed by atoms with van der Waals surface area (Å²) in [5, 5.41) is 5.91. The number of alkyl halides is 1. The Balaban J connectivity index is 1.44. The number of likely N-dealkylation sites (tertiary alicyclic amines) is 1. The van der Waals surface area contributed by atoms with Crippen LogP contribution >= 0.6 is 8.58 Å². The summed E-state index contributed by atoms with van der Waals surface area (Å²) in [7, 11) is 0.395. The van der Waals surface area contributed by atoms with Gasteiger partial charge in [-0.3, -0.25) is 14.2 Å². The van der Waals surface area contributed by atoms with Crippen LogP contribution in [0.5, 0.6) is 0 Å². The van der Waals surface area contributed by atoms with Gasteiger partial charge in [-0.25, -0.2) is 4.52 Å². The minimum absolute atomic E-state index is 0.00661. The molecule has 6 nitrogen and oxygen atoms in total. The third kappa shape index (κ3) is 5.42. The van der Waals surface area contributed by atoms with Gasteiger partial charge in [0.2, 0.25) is 6.41 Å². The highest BCUT2D eigenvalue weighted by atomic mass is 31.1. The number of hydrogen-bond donors (Lipinski definition) is 0. The Bertz CT molecular complexity index is 1080. The molecule has 0 radical (unpaired) electrons. The van der Waals surface area contributed by atoms with Crippen molar-refractivity contribution in [1.82, 2.24) is 24.4 Å². The topological polar surface area (TPSA) is 53.7 Å². The fraction of sp³-hybridized carbons (Fsp3) is 0.480. The molecule has 4 rings (SSSR count). The maximum atomic E-state index is 12.5. The Labute approximate surface area is 197 Å². The number of piperidine rings is 1. The van der Waals surface area contributed by atoms with E-state index in [2.05, 4.69) is 34.2 Å². The number of nitrogens with zero attached hydrogens (tertiary/aromatic N) is 5. The number of allylic oxidation sites excluding steroid dienone is 3. The Kier molecular flexibility index (Phi) is 7.71. The van der Waals surface area contributed by atoms with E-state index in [0.29, 0.717) is 20.9 Å². The van der Waals surface area contributed by atoms with Gasteiger partial charge in [0.05, 0.1) is 41.3 Å². The summed E-state index contributed by atoms with van der Waals surface area (Å²) in [6.45, 7) is 8.58. The molecule has 33 heavy (non-hydrogen) atoms. The van der Waals surface area contributed by atoms with Crippen molar-refractivity contribution in [3.05, 3.63) is 59.3 Å². The molecule has 0 N–H and O–H groups in total. The second-order valence-corrected chi connectivity index (χ2v) is 10.2. The number of halogens is 1. The van der Waals surface area contributed by atoms with Gasteiger partial charge in [0.1, 0.15) is 0 Å². The summed E-state index contributed by atoms with van der Waals surface area (Å²) in [5.41, 5.74) is 5.06. The molecule has 4 heterocycles. The number of amides is 1. The molecule has 2 aliphatic rings. The number of carbonyl (C=O) groups is 1. The minimum atomic E-state index is -0.246. The van der Waals surface area contributed by atoms with Crippen LogP contribution in [0.25, 0.3) is 10.8 Å². The molecule has 0 spiro atoms. The highest BCUT2D eigenvalue weighted by Gasteiger charge is 2.26. The predicted molar refractivity (Wildman–Crippen MR) is 133 cm³/mol. The van der Waals surface area contributed by atoms with Crippen LogP contribution in [-0.2, 0) is 4.79 Å². The van der Waals surface area contributed by atoms with Crippen LogP contribution in [0, 0.1) is 19.8 Å². The zero-order valence-corrected chi connectivity index (χ0v) is 20.7. The summed E-state index contributed by atoms with van der Waals surface area (Å²) in [4.78, 5) is 20.7. The van der Waals surface area contributed by atoms with Crippen LogP contribution in [0.4, 0.5) is 4.39 Å². The molecule has 0 aromatic carbocycles. The van der Waals surface area contributed by atoms with Gasteiger partial charge in [-0.1, -0.05) is 26.8 Å². The Morgan fingerprint density at radius 1 is 1.30 bits per heavy atom. The summed E-state index contributed by atoms with van der Waals surface area (Å²) in [6, 6.07) is 2.08. The van der Waals surface area contributed by atoms with Crippen LogP contribution in [0.3, 0.4) is 0 Å². The molecule has 0 aliphatic carbocycles. The quantitative estimate of drug-likeness (QED) is 0.416. The Morgan fingerprint density at radius 3 is 2.79 bits per heavy atom. The predicted octanol–water partition coefficient (Wildman–Crippen LogP) is 4.70. The van der Waals surface area contributed by atoms with Crippen molar-refractivity contribution in [1.29, 1.82) is 0 Å². The molecule has 1 amide bonds. The summed E-state index contributed by atoms with van der Waals surface area (Å²) < 4.78 is 14.3. The second-order valence-electron chi connectivity index (χ2n) is 8.82. The van der Waals surface area contributed by atoms with E-state index in [4.69, 9.17) is 5.10 Å². The van der Waals surface area contributed by atoms with Gasteiger partial charge in [-0.15, -0.1) is 0 Å². The number of aryl methyl sites for hydroxylation is 2. The van der Waals surface area contributed by atoms with Crippen LogP contribution < -0.4 is 0 Å². The van der Waals surface area contributed by atoms with Crippen molar-refractivity contribution in [3.8, 4) is 0 Å². The molecular formula is C25H33FN5OP. The van der Waals surface area contributed by atoms with Crippen molar-refractivity contribution >= 4 is 25.8 Å². The van der Waals surface area contributed by atoms with Gasteiger partial charge in [0, 0.05) is 12.7 Å². The molecule has 0 bridgehead atoms. The summed E-state index contributed by atoms with van der Waals surface area (Å²) in [6.07, 6.45) is 14.1. The number of aromatic nitrogens is 3. The smallest absolute Gasteiger partial charge is 0.214 e. The second kappa shape index (κ2) is 10.7. The first-order valence-electron chi connectivity index (χ1n) is 11.7. The highest BCUT2D eigenvalue weighted by molar-refractivity contribution is 7.51. The van der Waals surface area contributed by atoms with E-state index in [1.165, 1.54) is 5.57 Å². The van der Waals surface area contributed by atoms with Gasteiger partial charge < -0.3 is 9.80 Å². The molecule has 2 aromatic heterocycles. The largest absolute Gasteiger partial charge is 0.311 e. The summed E-state index contributed by atoms with van der Waals surface area (Å²) >= 11 is 0. The first kappa shape index (κ1) is 23.8. The van der Waals surface area contributed by atoms with Gasteiger partial charge in [0.15, 0.2) is 0 Å². The summed E-state index contributed by atoms with van der Waals surface area (Å²) in [5.74, 6) is 0.445. The number of rotatable bonds is 8. The number of fused-ring (bicyclic) bond motifs is 1. The fourth-order valence-corrected chi connectivity index (χ4v) is 5.95. The lowest BCUT2D eigenvalue weighted by atomic mass is 9.88.